The van der Waals surface area contributed by atoms with Crippen LogP contribution in [0.15, 0.2) is 41.0 Å². The molecule has 12 heteroatoms. The molecule has 180 valence electrons. The summed E-state index contributed by atoms with van der Waals surface area (Å²) in [7, 11) is 1.94. The molecular formula is C24H16N4O4S4. The van der Waals surface area contributed by atoms with E-state index in [1.165, 1.54) is 28.7 Å². The second kappa shape index (κ2) is 8.79. The second-order valence-electron chi connectivity index (χ2n) is 7.83. The molecule has 0 unspecified atom stereocenters. The maximum atomic E-state index is 11.2. The van der Waals surface area contributed by atoms with Crippen molar-refractivity contribution in [3.05, 3.63) is 45.6 Å². The number of benzene rings is 1. The fraction of sp³-hybridized carbons (Fsp3) is 0.125. The van der Waals surface area contributed by atoms with Crippen LogP contribution in [-0.2, 0) is 11.8 Å². The van der Waals surface area contributed by atoms with Crippen molar-refractivity contribution in [2.45, 2.75) is 0 Å². The van der Waals surface area contributed by atoms with Crippen molar-refractivity contribution >= 4 is 77.0 Å². The molecule has 5 aromatic rings. The number of nitrogens with zero attached hydrogens (tertiary/aromatic N) is 3. The Morgan fingerprint density at radius 1 is 1.08 bits per heavy atom. The van der Waals surface area contributed by atoms with Gasteiger partial charge in [-0.05, 0) is 35.9 Å². The van der Waals surface area contributed by atoms with Crippen molar-refractivity contribution in [2.24, 2.45) is 18.0 Å². The first kappa shape index (κ1) is 22.8. The number of hydrogen-bond acceptors (Lipinski definition) is 10. The minimum atomic E-state index is -1.23. The molecule has 0 bridgehead atoms. The van der Waals surface area contributed by atoms with E-state index in [-0.39, 0.29) is 5.57 Å². The largest absolute Gasteiger partial charge is 0.485 e. The van der Waals surface area contributed by atoms with Gasteiger partial charge in [-0.15, -0.1) is 34.0 Å². The van der Waals surface area contributed by atoms with Crippen LogP contribution in [0.2, 0.25) is 0 Å². The number of fused-ring (bicyclic) bond motifs is 3. The van der Waals surface area contributed by atoms with Crippen LogP contribution in [-0.4, -0.2) is 28.9 Å². The molecule has 0 fully saturated rings. The predicted octanol–water partition coefficient (Wildman–Crippen LogP) is 5.45. The van der Waals surface area contributed by atoms with E-state index in [1.54, 1.807) is 28.7 Å². The van der Waals surface area contributed by atoms with Gasteiger partial charge in [0.1, 0.15) is 24.9 Å². The van der Waals surface area contributed by atoms with Gasteiger partial charge in [-0.25, -0.2) is 4.79 Å². The van der Waals surface area contributed by atoms with Gasteiger partial charge in [-0.2, -0.15) is 10.4 Å². The first-order valence-corrected chi connectivity index (χ1v) is 13.9. The number of nitriles is 1. The van der Waals surface area contributed by atoms with Gasteiger partial charge in [0.25, 0.3) is 0 Å². The van der Waals surface area contributed by atoms with E-state index in [9.17, 15) is 4.79 Å². The van der Waals surface area contributed by atoms with E-state index >= 15 is 0 Å². The Morgan fingerprint density at radius 3 is 2.53 bits per heavy atom. The van der Waals surface area contributed by atoms with Crippen LogP contribution in [0.5, 0.6) is 11.5 Å². The molecule has 8 nitrogen and oxygen atoms in total. The van der Waals surface area contributed by atoms with Gasteiger partial charge in [-0.3, -0.25) is 0 Å². The molecule has 0 amide bonds. The lowest BCUT2D eigenvalue weighted by Gasteiger charge is -2.17. The molecule has 1 aromatic carbocycles. The van der Waals surface area contributed by atoms with E-state index in [0.29, 0.717) is 13.2 Å². The average Bonchev–Trinajstić information content (AvgIpc) is 3.62. The predicted molar refractivity (Wildman–Crippen MR) is 145 cm³/mol. The first-order valence-electron chi connectivity index (χ1n) is 10.6. The lowest BCUT2D eigenvalue weighted by Crippen LogP contribution is -2.14. The van der Waals surface area contributed by atoms with Gasteiger partial charge < -0.3 is 25.0 Å². The highest BCUT2D eigenvalue weighted by atomic mass is 32.1. The van der Waals surface area contributed by atoms with Crippen molar-refractivity contribution in [3.8, 4) is 37.8 Å². The highest BCUT2D eigenvalue weighted by Crippen LogP contribution is 2.55. The van der Waals surface area contributed by atoms with Gasteiger partial charge in [-0.1, -0.05) is 17.4 Å². The van der Waals surface area contributed by atoms with Crippen LogP contribution in [0.4, 0.5) is 0 Å². The number of hydrogen-bond donors (Lipinski definition) is 2. The molecule has 1 aliphatic heterocycles. The quantitative estimate of drug-likeness (QED) is 0.132. The van der Waals surface area contributed by atoms with Crippen molar-refractivity contribution in [2.75, 3.05) is 13.2 Å². The molecule has 0 aliphatic carbocycles. The van der Waals surface area contributed by atoms with Gasteiger partial charge in [0.2, 0.25) is 4.80 Å². The number of carbonyl (C=O) groups is 1. The molecule has 36 heavy (non-hydrogen) atoms. The number of carboxylic acids is 1. The van der Waals surface area contributed by atoms with Crippen LogP contribution in [0.1, 0.15) is 4.88 Å². The minimum absolute atomic E-state index is 0.282. The lowest BCUT2D eigenvalue weighted by atomic mass is 10.1. The molecule has 0 spiro atoms. The summed E-state index contributed by atoms with van der Waals surface area (Å²) in [5, 5.41) is 22.0. The summed E-state index contributed by atoms with van der Waals surface area (Å²) < 4.78 is 17.3. The number of aliphatic carboxylic acids is 1. The van der Waals surface area contributed by atoms with Crippen LogP contribution in [0.3, 0.4) is 0 Å². The fourth-order valence-corrected chi connectivity index (χ4v) is 8.64. The molecule has 5 heterocycles. The van der Waals surface area contributed by atoms with E-state index < -0.39 is 5.97 Å². The van der Waals surface area contributed by atoms with Crippen molar-refractivity contribution < 1.29 is 19.4 Å². The summed E-state index contributed by atoms with van der Waals surface area (Å²) in [6.07, 6.45) is 1.41. The summed E-state index contributed by atoms with van der Waals surface area (Å²) in [5.74, 6) is 5.82. The zero-order chi connectivity index (χ0) is 25.0. The third-order valence-electron chi connectivity index (χ3n) is 5.67. The highest BCUT2D eigenvalue weighted by Gasteiger charge is 2.27. The summed E-state index contributed by atoms with van der Waals surface area (Å²) in [5.41, 5.74) is 1.81. The number of thiophene rings is 3. The summed E-state index contributed by atoms with van der Waals surface area (Å²) in [4.78, 5) is 15.7. The van der Waals surface area contributed by atoms with Crippen LogP contribution < -0.4 is 20.1 Å². The maximum Gasteiger partial charge on any atom is 0.346 e. The van der Waals surface area contributed by atoms with E-state index in [1.807, 2.05) is 17.7 Å². The van der Waals surface area contributed by atoms with Crippen molar-refractivity contribution in [1.82, 2.24) is 4.57 Å². The Kier molecular flexibility index (Phi) is 5.57. The second-order valence-corrected chi connectivity index (χ2v) is 12.1. The first-order chi connectivity index (χ1) is 17.5. The zero-order valence-corrected chi connectivity index (χ0v) is 21.9. The van der Waals surface area contributed by atoms with E-state index in [2.05, 4.69) is 29.4 Å². The molecular weight excluding hydrogens is 537 g/mol. The fourth-order valence-electron chi connectivity index (χ4n) is 4.02. The summed E-state index contributed by atoms with van der Waals surface area (Å²) in [6.45, 7) is 0.973. The summed E-state index contributed by atoms with van der Waals surface area (Å²) >= 11 is 6.22. The Hall–Kier alpha value is -3.63. The highest BCUT2D eigenvalue weighted by molar-refractivity contribution is 7.32. The third kappa shape index (κ3) is 3.68. The van der Waals surface area contributed by atoms with Crippen molar-refractivity contribution in [1.29, 1.82) is 5.26 Å². The average molecular weight is 553 g/mol. The molecule has 6 rings (SSSR count). The molecule has 0 atom stereocenters. The van der Waals surface area contributed by atoms with Crippen molar-refractivity contribution in [3.63, 3.8) is 0 Å². The minimum Gasteiger partial charge on any atom is -0.485 e. The molecule has 0 saturated carbocycles. The molecule has 3 N–H and O–H groups in total. The standard InChI is InChI=1S/C24H16N4O4S4/c1-28-14-3-2-11(7-15(14)35-24(28)27-26)21-19-20(32-5-4-31-19)22(36-21)18-9-17-16(34-18)8-13(33-17)6-12(10-25)23(29)30/h2-3,6-9H,4-5,26H2,1H3,(H,29,30)/b12-6-,27-24-. The molecule has 0 radical (unpaired) electrons. The monoisotopic (exact) mass is 552 g/mol. The Labute approximate surface area is 220 Å². The zero-order valence-electron chi connectivity index (χ0n) is 18.6. The topological polar surface area (TPSA) is 123 Å². The van der Waals surface area contributed by atoms with E-state index in [4.69, 9.17) is 25.7 Å². The normalized spacial score (nSPS) is 14.0. The SMILES string of the molecule is Cn1/c(=N/N)sc2cc(-c3sc(-c4cc5sc(/C=C(/C#N)C(=O)O)cc5s4)c4c3OCCO4)ccc21. The number of ether oxygens (including phenoxy) is 2. The Bertz CT molecular complexity index is 1790. The third-order valence-corrected chi connectivity index (χ3v) is 10.4. The maximum absolute atomic E-state index is 11.2. The number of rotatable bonds is 4. The number of carboxylic acid groups (broad SMARTS) is 1. The van der Waals surface area contributed by atoms with Gasteiger partial charge >= 0.3 is 5.97 Å². The molecule has 4 aromatic heterocycles. The number of thiazole rings is 1. The molecule has 1 aliphatic rings. The Balaban J connectivity index is 1.44. The van der Waals surface area contributed by atoms with Crippen LogP contribution >= 0.6 is 45.3 Å². The number of aromatic nitrogens is 1. The lowest BCUT2D eigenvalue weighted by molar-refractivity contribution is -0.132. The van der Waals surface area contributed by atoms with Gasteiger partial charge in [0.05, 0.1) is 24.8 Å². The number of aryl methyl sites for hydroxylation is 1. The molecule has 0 saturated heterocycles. The Morgan fingerprint density at radius 2 is 1.83 bits per heavy atom. The number of nitrogens with two attached hydrogens (primary N) is 1. The van der Waals surface area contributed by atoms with Crippen LogP contribution in [0.25, 0.3) is 45.9 Å². The van der Waals surface area contributed by atoms with E-state index in [0.717, 1.165) is 61.0 Å². The van der Waals surface area contributed by atoms with Crippen LogP contribution in [0, 0.1) is 11.3 Å². The van der Waals surface area contributed by atoms with Gasteiger partial charge in [0.15, 0.2) is 11.5 Å². The summed E-state index contributed by atoms with van der Waals surface area (Å²) in [6, 6.07) is 12.0. The van der Waals surface area contributed by atoms with Gasteiger partial charge in [0, 0.05) is 21.3 Å². The smallest absolute Gasteiger partial charge is 0.346 e.